The quantitative estimate of drug-likeness (QED) is 0.796. The second-order valence-electron chi connectivity index (χ2n) is 4.23. The van der Waals surface area contributed by atoms with Crippen molar-refractivity contribution < 1.29 is 13.9 Å². The van der Waals surface area contributed by atoms with Gasteiger partial charge < -0.3 is 14.8 Å². The highest BCUT2D eigenvalue weighted by Crippen LogP contribution is 2.37. The zero-order chi connectivity index (χ0) is 12.1. The predicted octanol–water partition coefficient (Wildman–Crippen LogP) is 1.87. The fourth-order valence-corrected chi connectivity index (χ4v) is 2.09. The van der Waals surface area contributed by atoms with E-state index in [0.717, 1.165) is 0 Å². The van der Waals surface area contributed by atoms with Crippen LogP contribution >= 0.6 is 0 Å². The molecule has 1 aromatic rings. The van der Waals surface area contributed by atoms with Crippen LogP contribution in [0.5, 0.6) is 5.75 Å². The molecule has 1 aromatic carbocycles. The van der Waals surface area contributed by atoms with Gasteiger partial charge in [-0.3, -0.25) is 0 Å². The number of alkyl halides is 1. The van der Waals surface area contributed by atoms with Gasteiger partial charge in [0.2, 0.25) is 0 Å². The van der Waals surface area contributed by atoms with Gasteiger partial charge in [0, 0.05) is 19.2 Å². The third kappa shape index (κ3) is 2.76. The van der Waals surface area contributed by atoms with Gasteiger partial charge in [0.05, 0.1) is 6.61 Å². The van der Waals surface area contributed by atoms with Gasteiger partial charge in [-0.2, -0.15) is 0 Å². The number of hydrogen-bond acceptors (Lipinski definition) is 3. The molecule has 2 rings (SSSR count). The molecular weight excluding hydrogens is 221 g/mol. The highest BCUT2D eigenvalue weighted by Gasteiger charge is 2.37. The number of hydrogen-bond donors (Lipinski definition) is 1. The predicted molar refractivity (Wildman–Crippen MR) is 64.1 cm³/mol. The maximum atomic E-state index is 14.6. The van der Waals surface area contributed by atoms with Crippen LogP contribution in [0.4, 0.5) is 4.39 Å². The highest BCUT2D eigenvalue weighted by atomic mass is 19.1. The maximum Gasteiger partial charge on any atom is 0.153 e. The van der Waals surface area contributed by atoms with Crippen LogP contribution in [0.2, 0.25) is 0 Å². The summed E-state index contributed by atoms with van der Waals surface area (Å²) in [6.07, 6.45) is 0.498. The minimum Gasteiger partial charge on any atom is -0.491 e. The summed E-state index contributed by atoms with van der Waals surface area (Å²) < 4.78 is 25.1. The van der Waals surface area contributed by atoms with Crippen LogP contribution in [0.25, 0.3) is 0 Å². The van der Waals surface area contributed by atoms with Gasteiger partial charge in [-0.05, 0) is 19.0 Å². The molecule has 0 bridgehead atoms. The molecule has 0 aromatic heterocycles. The lowest BCUT2D eigenvalue weighted by molar-refractivity contribution is 0.138. The Morgan fingerprint density at radius 2 is 2.18 bits per heavy atom. The van der Waals surface area contributed by atoms with E-state index in [1.165, 1.54) is 0 Å². The molecule has 0 radical (unpaired) electrons. The summed E-state index contributed by atoms with van der Waals surface area (Å²) in [6, 6.07) is 7.31. The SMILES string of the molecule is COCCOc1ccccc1C1(F)CCNC1. The molecular formula is C13H18FNO2. The first kappa shape index (κ1) is 12.3. The van der Waals surface area contributed by atoms with E-state index in [2.05, 4.69) is 5.32 Å². The van der Waals surface area contributed by atoms with Gasteiger partial charge in [0.15, 0.2) is 5.67 Å². The molecule has 1 heterocycles. The Labute approximate surface area is 101 Å². The van der Waals surface area contributed by atoms with Crippen LogP contribution in [0.15, 0.2) is 24.3 Å². The van der Waals surface area contributed by atoms with Gasteiger partial charge in [0.1, 0.15) is 12.4 Å². The first-order valence-electron chi connectivity index (χ1n) is 5.87. The summed E-state index contributed by atoms with van der Waals surface area (Å²) >= 11 is 0. The molecule has 17 heavy (non-hydrogen) atoms. The van der Waals surface area contributed by atoms with E-state index < -0.39 is 5.67 Å². The maximum absolute atomic E-state index is 14.6. The van der Waals surface area contributed by atoms with Crippen LogP contribution in [0, 0.1) is 0 Å². The van der Waals surface area contributed by atoms with Crippen LogP contribution in [0.1, 0.15) is 12.0 Å². The summed E-state index contributed by atoms with van der Waals surface area (Å²) in [5, 5.41) is 3.05. The number of ether oxygens (including phenoxy) is 2. The van der Waals surface area contributed by atoms with Gasteiger partial charge in [-0.15, -0.1) is 0 Å². The minimum atomic E-state index is -1.30. The van der Waals surface area contributed by atoms with E-state index in [1.54, 1.807) is 13.2 Å². The van der Waals surface area contributed by atoms with E-state index >= 15 is 0 Å². The normalized spacial score (nSPS) is 23.9. The molecule has 1 atom stereocenters. The zero-order valence-electron chi connectivity index (χ0n) is 10.0. The molecule has 0 amide bonds. The topological polar surface area (TPSA) is 30.5 Å². The van der Waals surface area contributed by atoms with Crippen molar-refractivity contribution in [3.05, 3.63) is 29.8 Å². The van der Waals surface area contributed by atoms with Crippen LogP contribution in [-0.4, -0.2) is 33.4 Å². The van der Waals surface area contributed by atoms with E-state index in [0.29, 0.717) is 44.0 Å². The van der Waals surface area contributed by atoms with Crippen molar-refractivity contribution >= 4 is 0 Å². The fraction of sp³-hybridized carbons (Fsp3) is 0.538. The highest BCUT2D eigenvalue weighted by molar-refractivity contribution is 5.39. The molecule has 1 aliphatic heterocycles. The second kappa shape index (κ2) is 5.47. The summed E-state index contributed by atoms with van der Waals surface area (Å²) in [7, 11) is 1.62. The Kier molecular flexibility index (Phi) is 3.97. The summed E-state index contributed by atoms with van der Waals surface area (Å²) in [5.41, 5.74) is -0.662. The Bertz CT molecular complexity index is 364. The van der Waals surface area contributed by atoms with Crippen molar-refractivity contribution in [1.82, 2.24) is 5.32 Å². The van der Waals surface area contributed by atoms with Crippen molar-refractivity contribution in [3.8, 4) is 5.75 Å². The minimum absolute atomic E-state index is 0.359. The van der Waals surface area contributed by atoms with E-state index in [4.69, 9.17) is 9.47 Å². The van der Waals surface area contributed by atoms with Gasteiger partial charge >= 0.3 is 0 Å². The number of halogens is 1. The number of methoxy groups -OCH3 is 1. The zero-order valence-corrected chi connectivity index (χ0v) is 10.0. The van der Waals surface area contributed by atoms with Gasteiger partial charge in [-0.25, -0.2) is 4.39 Å². The Morgan fingerprint density at radius 1 is 1.35 bits per heavy atom. The Hall–Kier alpha value is -1.13. The first-order valence-corrected chi connectivity index (χ1v) is 5.87. The standard InChI is InChI=1S/C13H18FNO2/c1-16-8-9-17-12-5-3-2-4-11(12)13(14)6-7-15-10-13/h2-5,15H,6-10H2,1H3. The second-order valence-corrected chi connectivity index (χ2v) is 4.23. The van der Waals surface area contributed by atoms with Crippen molar-refractivity contribution in [1.29, 1.82) is 0 Å². The van der Waals surface area contributed by atoms with Crippen LogP contribution in [0.3, 0.4) is 0 Å². The summed E-state index contributed by atoms with van der Waals surface area (Å²) in [4.78, 5) is 0. The van der Waals surface area contributed by atoms with Crippen molar-refractivity contribution in [2.75, 3.05) is 33.4 Å². The van der Waals surface area contributed by atoms with E-state index in [-0.39, 0.29) is 0 Å². The molecule has 1 unspecified atom stereocenters. The van der Waals surface area contributed by atoms with Gasteiger partial charge in [-0.1, -0.05) is 18.2 Å². The van der Waals surface area contributed by atoms with Crippen molar-refractivity contribution in [2.24, 2.45) is 0 Å². The lowest BCUT2D eigenvalue weighted by atomic mass is 9.94. The molecule has 0 spiro atoms. The largest absolute Gasteiger partial charge is 0.491 e. The molecule has 4 heteroatoms. The summed E-state index contributed by atoms with van der Waals surface area (Å²) in [5.74, 6) is 0.621. The molecule has 1 N–H and O–H groups in total. The van der Waals surface area contributed by atoms with E-state index in [1.807, 2.05) is 18.2 Å². The summed E-state index contributed by atoms with van der Waals surface area (Å²) in [6.45, 7) is 2.02. The monoisotopic (exact) mass is 239 g/mol. The number of nitrogens with one attached hydrogen (secondary N) is 1. The lowest BCUT2D eigenvalue weighted by Gasteiger charge is -2.22. The lowest BCUT2D eigenvalue weighted by Crippen LogP contribution is -2.24. The third-order valence-corrected chi connectivity index (χ3v) is 3.02. The molecule has 1 saturated heterocycles. The molecule has 0 saturated carbocycles. The average molecular weight is 239 g/mol. The first-order chi connectivity index (χ1) is 8.26. The van der Waals surface area contributed by atoms with Gasteiger partial charge in [0.25, 0.3) is 0 Å². The van der Waals surface area contributed by atoms with Crippen molar-refractivity contribution in [2.45, 2.75) is 12.1 Å². The van der Waals surface area contributed by atoms with Crippen LogP contribution in [-0.2, 0) is 10.4 Å². The molecule has 0 aliphatic carbocycles. The molecule has 1 fully saturated rings. The Balaban J connectivity index is 2.15. The number of para-hydroxylation sites is 1. The molecule has 3 nitrogen and oxygen atoms in total. The fourth-order valence-electron chi connectivity index (χ4n) is 2.09. The smallest absolute Gasteiger partial charge is 0.153 e. The third-order valence-electron chi connectivity index (χ3n) is 3.02. The van der Waals surface area contributed by atoms with Crippen LogP contribution < -0.4 is 10.1 Å². The molecule has 94 valence electrons. The number of rotatable bonds is 5. The van der Waals surface area contributed by atoms with E-state index in [9.17, 15) is 4.39 Å². The number of benzene rings is 1. The molecule has 1 aliphatic rings. The Morgan fingerprint density at radius 3 is 2.88 bits per heavy atom. The van der Waals surface area contributed by atoms with Crippen molar-refractivity contribution in [3.63, 3.8) is 0 Å². The average Bonchev–Trinajstić information content (AvgIpc) is 2.78.